The van der Waals surface area contributed by atoms with E-state index in [0.29, 0.717) is 0 Å². The lowest BCUT2D eigenvalue weighted by Crippen LogP contribution is -2.25. The average molecular weight is 251 g/mol. The minimum absolute atomic E-state index is 0.224. The van der Waals surface area contributed by atoms with Crippen LogP contribution in [0.1, 0.15) is 21.9 Å². The molecule has 0 radical (unpaired) electrons. The van der Waals surface area contributed by atoms with Crippen molar-refractivity contribution in [3.8, 4) is 0 Å². The van der Waals surface area contributed by atoms with Crippen molar-refractivity contribution in [2.75, 3.05) is 5.43 Å². The monoisotopic (exact) mass is 250 g/mol. The quantitative estimate of drug-likeness (QED) is 0.886. The van der Waals surface area contributed by atoms with Gasteiger partial charge in [-0.1, -0.05) is 11.6 Å². The Morgan fingerprint density at radius 3 is 2.35 bits per heavy atom. The Morgan fingerprint density at radius 2 is 1.82 bits per heavy atom. The van der Waals surface area contributed by atoms with Crippen molar-refractivity contribution in [3.63, 3.8) is 0 Å². The lowest BCUT2D eigenvalue weighted by Gasteiger charge is -2.10. The fourth-order valence-corrected chi connectivity index (χ4v) is 1.54. The van der Waals surface area contributed by atoms with E-state index in [1.807, 2.05) is 26.0 Å². The lowest BCUT2D eigenvalue weighted by atomic mass is 10.4. The highest BCUT2D eigenvalue weighted by Gasteiger charge is 2.10. The van der Waals surface area contributed by atoms with Gasteiger partial charge in [-0.25, -0.2) is 0 Å². The van der Waals surface area contributed by atoms with Gasteiger partial charge in [-0.05, 0) is 38.1 Å². The number of halogens is 1. The average Bonchev–Trinajstić information content (AvgIpc) is 2.61. The number of aryl methyl sites for hydroxylation is 2. The second-order valence-electron chi connectivity index (χ2n) is 3.63. The molecule has 0 fully saturated rings. The summed E-state index contributed by atoms with van der Waals surface area (Å²) in [6, 6.07) is 6.89. The number of amides is 1. The predicted octanol–water partition coefficient (Wildman–Crippen LogP) is 1.93. The highest BCUT2D eigenvalue weighted by atomic mass is 35.5. The van der Waals surface area contributed by atoms with Gasteiger partial charge in [-0.2, -0.15) is 0 Å². The first kappa shape index (κ1) is 11.6. The maximum atomic E-state index is 11.9. The molecule has 88 valence electrons. The van der Waals surface area contributed by atoms with Gasteiger partial charge in [0.2, 0.25) is 0 Å². The van der Waals surface area contributed by atoms with Crippen molar-refractivity contribution in [3.05, 3.63) is 46.5 Å². The molecule has 0 saturated heterocycles. The van der Waals surface area contributed by atoms with E-state index in [4.69, 9.17) is 11.6 Å². The summed E-state index contributed by atoms with van der Waals surface area (Å²) < 4.78 is 1.69. The zero-order chi connectivity index (χ0) is 12.4. The fourth-order valence-electron chi connectivity index (χ4n) is 1.44. The van der Waals surface area contributed by atoms with Crippen molar-refractivity contribution in [1.29, 1.82) is 0 Å². The van der Waals surface area contributed by atoms with Gasteiger partial charge in [-0.15, -0.1) is 10.2 Å². The number of carbonyl (C=O) groups excluding carboxylic acids is 1. The number of nitrogens with zero attached hydrogens (tertiary/aromatic N) is 3. The molecule has 1 amide bonds. The van der Waals surface area contributed by atoms with Gasteiger partial charge >= 0.3 is 0 Å². The molecule has 0 aliphatic carbocycles. The Balaban J connectivity index is 2.20. The molecule has 0 atom stereocenters. The number of hydrogen-bond donors (Lipinski definition) is 1. The van der Waals surface area contributed by atoms with Gasteiger partial charge in [0.1, 0.15) is 0 Å². The topological polar surface area (TPSA) is 59.8 Å². The highest BCUT2D eigenvalue weighted by Crippen LogP contribution is 2.06. The van der Waals surface area contributed by atoms with E-state index >= 15 is 0 Å². The van der Waals surface area contributed by atoms with E-state index in [1.54, 1.807) is 4.68 Å². The minimum atomic E-state index is -0.323. The number of hydrogen-bond acceptors (Lipinski definition) is 3. The molecule has 2 aromatic heterocycles. The molecule has 0 spiro atoms. The second-order valence-corrected chi connectivity index (χ2v) is 4.02. The molecule has 2 rings (SSSR count). The van der Waals surface area contributed by atoms with Crippen LogP contribution in [-0.2, 0) is 0 Å². The molecule has 2 heterocycles. The van der Waals surface area contributed by atoms with Crippen molar-refractivity contribution in [2.24, 2.45) is 0 Å². The summed E-state index contributed by atoms with van der Waals surface area (Å²) in [5.41, 5.74) is 4.84. The third-order valence-electron chi connectivity index (χ3n) is 2.35. The van der Waals surface area contributed by atoms with E-state index in [9.17, 15) is 4.79 Å². The maximum absolute atomic E-state index is 11.9. The molecule has 0 saturated carbocycles. The first-order valence-corrected chi connectivity index (χ1v) is 5.41. The van der Waals surface area contributed by atoms with E-state index < -0.39 is 0 Å². The first-order chi connectivity index (χ1) is 8.08. The van der Waals surface area contributed by atoms with E-state index in [-0.39, 0.29) is 16.8 Å². The Morgan fingerprint density at radius 1 is 1.18 bits per heavy atom. The number of rotatable bonds is 2. The van der Waals surface area contributed by atoms with Crippen LogP contribution in [-0.4, -0.2) is 20.8 Å². The molecule has 2 aromatic rings. The van der Waals surface area contributed by atoms with Crippen molar-refractivity contribution in [2.45, 2.75) is 13.8 Å². The Labute approximate surface area is 103 Å². The van der Waals surface area contributed by atoms with Crippen LogP contribution in [0, 0.1) is 13.8 Å². The van der Waals surface area contributed by atoms with Crippen molar-refractivity contribution >= 4 is 17.5 Å². The van der Waals surface area contributed by atoms with Gasteiger partial charge in [0, 0.05) is 11.4 Å². The Bertz CT molecular complexity index is 528. The van der Waals surface area contributed by atoms with Crippen LogP contribution in [0.5, 0.6) is 0 Å². The van der Waals surface area contributed by atoms with Crippen LogP contribution in [0.4, 0.5) is 0 Å². The summed E-state index contributed by atoms with van der Waals surface area (Å²) >= 11 is 5.60. The van der Waals surface area contributed by atoms with E-state index in [2.05, 4.69) is 15.6 Å². The normalized spacial score (nSPS) is 10.3. The van der Waals surface area contributed by atoms with E-state index in [1.165, 1.54) is 12.1 Å². The van der Waals surface area contributed by atoms with Crippen molar-refractivity contribution in [1.82, 2.24) is 14.9 Å². The minimum Gasteiger partial charge on any atom is -0.266 e. The largest absolute Gasteiger partial charge is 0.290 e. The van der Waals surface area contributed by atoms with Crippen LogP contribution >= 0.6 is 11.6 Å². The first-order valence-electron chi connectivity index (χ1n) is 5.03. The van der Waals surface area contributed by atoms with Crippen LogP contribution in [0.3, 0.4) is 0 Å². The molecule has 0 aliphatic heterocycles. The zero-order valence-electron chi connectivity index (χ0n) is 9.44. The van der Waals surface area contributed by atoms with Gasteiger partial charge in [0.25, 0.3) is 5.91 Å². The second kappa shape index (κ2) is 4.55. The molecule has 0 aliphatic rings. The summed E-state index contributed by atoms with van der Waals surface area (Å²) in [7, 11) is 0. The van der Waals surface area contributed by atoms with Gasteiger partial charge in [0.15, 0.2) is 10.8 Å². The molecule has 5 nitrogen and oxygen atoms in total. The number of nitrogens with one attached hydrogen (secondary N) is 1. The Kier molecular flexibility index (Phi) is 3.10. The van der Waals surface area contributed by atoms with Crippen LogP contribution in [0.15, 0.2) is 24.3 Å². The zero-order valence-corrected chi connectivity index (χ0v) is 10.2. The molecule has 1 N–H and O–H groups in total. The molecular formula is C11H11ClN4O. The third kappa shape index (κ3) is 2.45. The standard InChI is InChI=1S/C11H11ClN4O/c1-7-3-4-8(2)16(7)15-11(17)9-5-6-10(12)14-13-9/h3-6H,1-2H3,(H,15,17). The summed E-state index contributed by atoms with van der Waals surface area (Å²) in [6.07, 6.45) is 0. The summed E-state index contributed by atoms with van der Waals surface area (Å²) in [4.78, 5) is 11.9. The predicted molar refractivity (Wildman–Crippen MR) is 64.6 cm³/mol. The molecule has 0 unspecified atom stereocenters. The lowest BCUT2D eigenvalue weighted by molar-refractivity contribution is 0.100. The highest BCUT2D eigenvalue weighted by molar-refractivity contribution is 6.29. The van der Waals surface area contributed by atoms with E-state index in [0.717, 1.165) is 11.4 Å². The fraction of sp³-hybridized carbons (Fsp3) is 0.182. The number of carbonyl (C=O) groups is 1. The SMILES string of the molecule is Cc1ccc(C)n1NC(=O)c1ccc(Cl)nn1. The molecule has 0 aromatic carbocycles. The number of aromatic nitrogens is 3. The van der Waals surface area contributed by atoms with Crippen molar-refractivity contribution < 1.29 is 4.79 Å². The molecule has 17 heavy (non-hydrogen) atoms. The molecule has 6 heteroatoms. The van der Waals surface area contributed by atoms with Gasteiger partial charge < -0.3 is 0 Å². The van der Waals surface area contributed by atoms with Gasteiger partial charge in [0.05, 0.1) is 0 Å². The molecule has 0 bridgehead atoms. The van der Waals surface area contributed by atoms with Crippen LogP contribution in [0.2, 0.25) is 5.15 Å². The molecular weight excluding hydrogens is 240 g/mol. The smallest absolute Gasteiger partial charge is 0.266 e. The summed E-state index contributed by atoms with van der Waals surface area (Å²) in [5.74, 6) is -0.323. The van der Waals surface area contributed by atoms with Gasteiger partial charge in [-0.3, -0.25) is 14.9 Å². The summed E-state index contributed by atoms with van der Waals surface area (Å²) in [5, 5.41) is 7.59. The van der Waals surface area contributed by atoms with Crippen LogP contribution < -0.4 is 5.43 Å². The third-order valence-corrected chi connectivity index (χ3v) is 2.55. The van der Waals surface area contributed by atoms with Crippen LogP contribution in [0.25, 0.3) is 0 Å². The Hall–Kier alpha value is -1.88. The summed E-state index contributed by atoms with van der Waals surface area (Å²) in [6.45, 7) is 3.81. The maximum Gasteiger partial charge on any atom is 0.290 e.